The highest BCUT2D eigenvalue weighted by molar-refractivity contribution is 5.94. The second-order valence-corrected chi connectivity index (χ2v) is 7.18. The Bertz CT molecular complexity index is 560. The van der Waals surface area contributed by atoms with Gasteiger partial charge in [0.05, 0.1) is 0 Å². The Morgan fingerprint density at radius 1 is 1.09 bits per heavy atom. The van der Waals surface area contributed by atoms with E-state index in [9.17, 15) is 9.59 Å². The molecule has 0 unspecified atom stereocenters. The van der Waals surface area contributed by atoms with Crippen molar-refractivity contribution in [2.45, 2.75) is 52.6 Å². The first-order valence-corrected chi connectivity index (χ1v) is 7.91. The highest BCUT2D eigenvalue weighted by Gasteiger charge is 2.24. The van der Waals surface area contributed by atoms with E-state index in [1.165, 1.54) is 0 Å². The number of hydrogen-bond acceptors (Lipinski definition) is 3. The Morgan fingerprint density at radius 2 is 1.74 bits per heavy atom. The van der Waals surface area contributed by atoms with E-state index in [1.54, 1.807) is 6.07 Å². The standard InChI is InChI=1S/C18H28N2O3/c1-7-19-15(21)13-9-8-10-14(11-13)18(5,6)12-20-16(22)23-17(2,3)4/h8-11H,7,12H2,1-6H3,(H,19,21)(H,20,22). The van der Waals surface area contributed by atoms with Crippen molar-refractivity contribution in [2.75, 3.05) is 13.1 Å². The first-order valence-electron chi connectivity index (χ1n) is 7.91. The summed E-state index contributed by atoms with van der Waals surface area (Å²) in [7, 11) is 0. The quantitative estimate of drug-likeness (QED) is 0.875. The molecule has 5 heteroatoms. The lowest BCUT2D eigenvalue weighted by Gasteiger charge is -2.27. The summed E-state index contributed by atoms with van der Waals surface area (Å²) in [6.45, 7) is 12.4. The molecule has 0 aliphatic rings. The molecule has 128 valence electrons. The number of nitrogens with one attached hydrogen (secondary N) is 2. The van der Waals surface area contributed by atoms with Crippen molar-refractivity contribution in [1.82, 2.24) is 10.6 Å². The van der Waals surface area contributed by atoms with Crippen LogP contribution in [0.25, 0.3) is 0 Å². The molecule has 2 N–H and O–H groups in total. The zero-order chi connectivity index (χ0) is 17.7. The van der Waals surface area contributed by atoms with E-state index in [-0.39, 0.29) is 11.3 Å². The summed E-state index contributed by atoms with van der Waals surface area (Å²) < 4.78 is 5.25. The third kappa shape index (κ3) is 6.30. The smallest absolute Gasteiger partial charge is 0.407 e. The third-order valence-electron chi connectivity index (χ3n) is 3.32. The van der Waals surface area contributed by atoms with Crippen LogP contribution in [0.1, 0.15) is 57.5 Å². The zero-order valence-electron chi connectivity index (χ0n) is 14.9. The van der Waals surface area contributed by atoms with Gasteiger partial charge in [-0.05, 0) is 45.4 Å². The van der Waals surface area contributed by atoms with Gasteiger partial charge in [0.25, 0.3) is 5.91 Å². The first kappa shape index (κ1) is 19.0. The minimum atomic E-state index is -0.521. The maximum Gasteiger partial charge on any atom is 0.407 e. The van der Waals surface area contributed by atoms with Gasteiger partial charge >= 0.3 is 6.09 Å². The van der Waals surface area contributed by atoms with Crippen LogP contribution in [0.15, 0.2) is 24.3 Å². The Balaban J connectivity index is 2.78. The molecule has 0 spiro atoms. The normalized spacial score (nSPS) is 11.7. The van der Waals surface area contributed by atoms with Crippen molar-refractivity contribution in [2.24, 2.45) is 0 Å². The molecule has 5 nitrogen and oxygen atoms in total. The van der Waals surface area contributed by atoms with Crippen LogP contribution in [0.4, 0.5) is 4.79 Å². The molecule has 0 heterocycles. The molecular formula is C18H28N2O3. The van der Waals surface area contributed by atoms with Crippen LogP contribution in [0.3, 0.4) is 0 Å². The zero-order valence-corrected chi connectivity index (χ0v) is 14.9. The van der Waals surface area contributed by atoms with Crippen LogP contribution in [0.5, 0.6) is 0 Å². The van der Waals surface area contributed by atoms with Gasteiger partial charge in [-0.15, -0.1) is 0 Å². The maximum absolute atomic E-state index is 11.9. The van der Waals surface area contributed by atoms with E-state index < -0.39 is 11.7 Å². The Labute approximate surface area is 138 Å². The lowest BCUT2D eigenvalue weighted by molar-refractivity contribution is 0.0517. The number of rotatable bonds is 5. The number of benzene rings is 1. The van der Waals surface area contributed by atoms with Crippen molar-refractivity contribution < 1.29 is 14.3 Å². The lowest BCUT2D eigenvalue weighted by atomic mass is 9.84. The highest BCUT2D eigenvalue weighted by atomic mass is 16.6. The molecule has 0 fully saturated rings. The summed E-state index contributed by atoms with van der Waals surface area (Å²) in [4.78, 5) is 23.7. The van der Waals surface area contributed by atoms with Gasteiger partial charge in [0, 0.05) is 24.1 Å². The molecule has 1 rings (SSSR count). The second-order valence-electron chi connectivity index (χ2n) is 7.18. The topological polar surface area (TPSA) is 67.4 Å². The summed E-state index contributed by atoms with van der Waals surface area (Å²) in [6, 6.07) is 7.46. The largest absolute Gasteiger partial charge is 0.444 e. The van der Waals surface area contributed by atoms with Crippen molar-refractivity contribution in [3.63, 3.8) is 0 Å². The predicted octanol–water partition coefficient (Wildman–Crippen LogP) is 3.24. The third-order valence-corrected chi connectivity index (χ3v) is 3.32. The van der Waals surface area contributed by atoms with Crippen LogP contribution in [0, 0.1) is 0 Å². The predicted molar refractivity (Wildman–Crippen MR) is 91.7 cm³/mol. The second kappa shape index (κ2) is 7.49. The minimum Gasteiger partial charge on any atom is -0.444 e. The fourth-order valence-corrected chi connectivity index (χ4v) is 2.05. The Morgan fingerprint density at radius 3 is 2.30 bits per heavy atom. The summed E-state index contributed by atoms with van der Waals surface area (Å²) in [6.07, 6.45) is -0.439. The van der Waals surface area contributed by atoms with E-state index in [0.29, 0.717) is 18.7 Å². The van der Waals surface area contributed by atoms with Crippen molar-refractivity contribution in [3.8, 4) is 0 Å². The monoisotopic (exact) mass is 320 g/mol. The Hall–Kier alpha value is -2.04. The molecule has 2 amide bonds. The van der Waals surface area contributed by atoms with Crippen LogP contribution < -0.4 is 10.6 Å². The molecule has 0 atom stereocenters. The number of carbonyl (C=O) groups excluding carboxylic acids is 2. The summed E-state index contributed by atoms with van der Waals surface area (Å²) in [5.74, 6) is -0.0924. The molecule has 0 aliphatic heterocycles. The van der Waals surface area contributed by atoms with Crippen molar-refractivity contribution in [3.05, 3.63) is 35.4 Å². The van der Waals surface area contributed by atoms with Gasteiger partial charge in [0.2, 0.25) is 0 Å². The Kier molecular flexibility index (Phi) is 6.19. The van der Waals surface area contributed by atoms with Crippen LogP contribution in [0.2, 0.25) is 0 Å². The molecular weight excluding hydrogens is 292 g/mol. The van der Waals surface area contributed by atoms with Gasteiger partial charge in [-0.25, -0.2) is 4.79 Å². The van der Waals surface area contributed by atoms with Gasteiger partial charge in [-0.3, -0.25) is 4.79 Å². The van der Waals surface area contributed by atoms with Crippen LogP contribution in [-0.4, -0.2) is 30.7 Å². The van der Waals surface area contributed by atoms with E-state index >= 15 is 0 Å². The SMILES string of the molecule is CCNC(=O)c1cccc(C(C)(C)CNC(=O)OC(C)(C)C)c1. The van der Waals surface area contributed by atoms with Crippen LogP contribution in [-0.2, 0) is 10.2 Å². The fraction of sp³-hybridized carbons (Fsp3) is 0.556. The van der Waals surface area contributed by atoms with Gasteiger partial charge in [0.15, 0.2) is 0 Å². The van der Waals surface area contributed by atoms with Crippen LogP contribution >= 0.6 is 0 Å². The highest BCUT2D eigenvalue weighted by Crippen LogP contribution is 2.23. The number of ether oxygens (including phenoxy) is 1. The minimum absolute atomic E-state index is 0.0924. The van der Waals surface area contributed by atoms with Crippen molar-refractivity contribution >= 4 is 12.0 Å². The molecule has 0 bridgehead atoms. The van der Waals surface area contributed by atoms with Gasteiger partial charge in [0.1, 0.15) is 5.60 Å². The number of hydrogen-bond donors (Lipinski definition) is 2. The molecule has 23 heavy (non-hydrogen) atoms. The average Bonchev–Trinajstić information content (AvgIpc) is 2.44. The number of carbonyl (C=O) groups is 2. The van der Waals surface area contributed by atoms with E-state index in [2.05, 4.69) is 10.6 Å². The molecule has 0 aliphatic carbocycles. The van der Waals surface area contributed by atoms with Crippen molar-refractivity contribution in [1.29, 1.82) is 0 Å². The first-order chi connectivity index (χ1) is 10.5. The lowest BCUT2D eigenvalue weighted by Crippen LogP contribution is -2.39. The summed E-state index contributed by atoms with van der Waals surface area (Å²) in [5.41, 5.74) is 0.762. The van der Waals surface area contributed by atoms with Gasteiger partial charge in [-0.1, -0.05) is 26.0 Å². The van der Waals surface area contributed by atoms with E-state index in [1.807, 2.05) is 59.7 Å². The maximum atomic E-state index is 11.9. The fourth-order valence-electron chi connectivity index (χ4n) is 2.05. The van der Waals surface area contributed by atoms with E-state index in [0.717, 1.165) is 5.56 Å². The summed E-state index contributed by atoms with van der Waals surface area (Å²) in [5, 5.41) is 5.58. The number of alkyl carbamates (subject to hydrolysis) is 1. The molecule has 0 saturated heterocycles. The average molecular weight is 320 g/mol. The van der Waals surface area contributed by atoms with Gasteiger partial charge in [-0.2, -0.15) is 0 Å². The molecule has 0 saturated carbocycles. The summed E-state index contributed by atoms with van der Waals surface area (Å²) >= 11 is 0. The molecule has 1 aromatic carbocycles. The number of amides is 2. The van der Waals surface area contributed by atoms with E-state index in [4.69, 9.17) is 4.74 Å². The molecule has 1 aromatic rings. The van der Waals surface area contributed by atoms with Gasteiger partial charge < -0.3 is 15.4 Å². The molecule has 0 radical (unpaired) electrons. The molecule has 0 aromatic heterocycles.